The molecule has 1 aromatic rings. The van der Waals surface area contributed by atoms with Crippen molar-refractivity contribution in [1.82, 2.24) is 10.2 Å². The van der Waals surface area contributed by atoms with Gasteiger partial charge in [0.2, 0.25) is 5.91 Å². The summed E-state index contributed by atoms with van der Waals surface area (Å²) in [5.74, 6) is 0.889. The summed E-state index contributed by atoms with van der Waals surface area (Å²) >= 11 is 0. The molecule has 1 aromatic carbocycles. The second-order valence-electron chi connectivity index (χ2n) is 4.93. The maximum absolute atomic E-state index is 12.5. The van der Waals surface area contributed by atoms with E-state index in [9.17, 15) is 4.79 Å². The molecule has 1 amide bonds. The molecule has 4 nitrogen and oxygen atoms in total. The second-order valence-corrected chi connectivity index (χ2v) is 4.93. The Bertz CT molecular complexity index is 432. The van der Waals surface area contributed by atoms with E-state index in [0.29, 0.717) is 0 Å². The van der Waals surface area contributed by atoms with Gasteiger partial charge in [-0.3, -0.25) is 4.79 Å². The van der Waals surface area contributed by atoms with E-state index in [1.807, 2.05) is 36.1 Å². The second kappa shape index (κ2) is 8.12. The van der Waals surface area contributed by atoms with Crippen LogP contribution in [0.3, 0.4) is 0 Å². The number of ether oxygens (including phenoxy) is 1. The number of benzene rings is 1. The zero-order chi connectivity index (χ0) is 13.7. The van der Waals surface area contributed by atoms with E-state index >= 15 is 0 Å². The summed E-state index contributed by atoms with van der Waals surface area (Å²) in [5.41, 5.74) is 1.02. The molecule has 2 rings (SSSR count). The van der Waals surface area contributed by atoms with Crippen LogP contribution in [-0.2, 0) is 4.79 Å². The molecule has 0 radical (unpaired) electrons. The van der Waals surface area contributed by atoms with Crippen molar-refractivity contribution in [2.24, 2.45) is 0 Å². The minimum absolute atomic E-state index is 0. The molecule has 0 bridgehead atoms. The lowest BCUT2D eigenvalue weighted by molar-refractivity contribution is -0.132. The lowest BCUT2D eigenvalue weighted by atomic mass is 9.99. The molecular weight excluding hydrogens is 276 g/mol. The van der Waals surface area contributed by atoms with Crippen LogP contribution in [0.15, 0.2) is 24.3 Å². The number of nitrogens with one attached hydrogen (secondary N) is 1. The average Bonchev–Trinajstić information content (AvgIpc) is 2.75. The fourth-order valence-electron chi connectivity index (χ4n) is 2.39. The molecule has 5 heteroatoms. The largest absolute Gasteiger partial charge is 0.497 e. The number of methoxy groups -OCH3 is 1. The minimum Gasteiger partial charge on any atom is -0.497 e. The van der Waals surface area contributed by atoms with Crippen LogP contribution in [0.2, 0.25) is 0 Å². The van der Waals surface area contributed by atoms with Crippen LogP contribution in [0.25, 0.3) is 0 Å². The van der Waals surface area contributed by atoms with Crippen LogP contribution in [-0.4, -0.2) is 44.1 Å². The maximum atomic E-state index is 12.5. The van der Waals surface area contributed by atoms with E-state index in [1.54, 1.807) is 7.11 Å². The lowest BCUT2D eigenvalue weighted by Crippen LogP contribution is -2.36. The molecule has 1 N–H and O–H groups in total. The Hall–Kier alpha value is -1.26. The van der Waals surface area contributed by atoms with Crippen molar-refractivity contribution in [2.75, 3.05) is 33.3 Å². The van der Waals surface area contributed by atoms with Crippen molar-refractivity contribution in [1.29, 1.82) is 0 Å². The monoisotopic (exact) mass is 298 g/mol. The van der Waals surface area contributed by atoms with Crippen LogP contribution in [0, 0.1) is 0 Å². The summed E-state index contributed by atoms with van der Waals surface area (Å²) in [7, 11) is 1.64. The van der Waals surface area contributed by atoms with Crippen LogP contribution < -0.4 is 10.1 Å². The quantitative estimate of drug-likeness (QED) is 0.928. The number of hydrogen-bond donors (Lipinski definition) is 1. The van der Waals surface area contributed by atoms with Gasteiger partial charge in [0.25, 0.3) is 0 Å². The van der Waals surface area contributed by atoms with Gasteiger partial charge in [0, 0.05) is 19.6 Å². The molecule has 1 aliphatic rings. The number of nitrogens with zero attached hydrogens (tertiary/aromatic N) is 1. The van der Waals surface area contributed by atoms with Gasteiger partial charge in [0.05, 0.1) is 13.0 Å². The molecule has 20 heavy (non-hydrogen) atoms. The summed E-state index contributed by atoms with van der Waals surface area (Å²) in [5, 5.41) is 3.32. The predicted molar refractivity (Wildman–Crippen MR) is 82.7 cm³/mol. The first-order valence-corrected chi connectivity index (χ1v) is 6.86. The highest BCUT2D eigenvalue weighted by Crippen LogP contribution is 2.22. The Kier molecular flexibility index (Phi) is 6.82. The maximum Gasteiger partial charge on any atom is 0.229 e. The van der Waals surface area contributed by atoms with E-state index in [4.69, 9.17) is 4.74 Å². The Balaban J connectivity index is 0.00000200. The van der Waals surface area contributed by atoms with E-state index in [2.05, 4.69) is 5.32 Å². The van der Waals surface area contributed by atoms with Gasteiger partial charge < -0.3 is 15.0 Å². The molecule has 1 fully saturated rings. The third-order valence-electron chi connectivity index (χ3n) is 3.62. The third-order valence-corrected chi connectivity index (χ3v) is 3.62. The first kappa shape index (κ1) is 16.8. The zero-order valence-corrected chi connectivity index (χ0v) is 12.9. The normalized spacial score (nSPS) is 16.8. The van der Waals surface area contributed by atoms with Gasteiger partial charge in [-0.1, -0.05) is 12.1 Å². The first-order valence-electron chi connectivity index (χ1n) is 6.86. The van der Waals surface area contributed by atoms with Gasteiger partial charge in [-0.2, -0.15) is 0 Å². The molecule has 0 saturated carbocycles. The standard InChI is InChI=1S/C15H22N2O2.ClH/c1-12(13-5-3-6-14(11-13)19-2)15(18)17-9-4-7-16-8-10-17;/h3,5-6,11-12,16H,4,7-10H2,1-2H3;1H. The highest BCUT2D eigenvalue weighted by atomic mass is 35.5. The van der Waals surface area contributed by atoms with Gasteiger partial charge >= 0.3 is 0 Å². The summed E-state index contributed by atoms with van der Waals surface area (Å²) in [6.07, 6.45) is 1.02. The Labute approximate surface area is 126 Å². The Morgan fingerprint density at radius 3 is 2.90 bits per heavy atom. The van der Waals surface area contributed by atoms with Crippen LogP contribution in [0.5, 0.6) is 5.75 Å². The number of carbonyl (C=O) groups excluding carboxylic acids is 1. The van der Waals surface area contributed by atoms with Crippen molar-refractivity contribution in [2.45, 2.75) is 19.3 Å². The smallest absolute Gasteiger partial charge is 0.229 e. The van der Waals surface area contributed by atoms with Crippen LogP contribution >= 0.6 is 12.4 Å². The molecular formula is C15H23ClN2O2. The Morgan fingerprint density at radius 1 is 1.35 bits per heavy atom. The minimum atomic E-state index is -0.117. The van der Waals surface area contributed by atoms with Gasteiger partial charge in [0.15, 0.2) is 0 Å². The summed E-state index contributed by atoms with van der Waals surface area (Å²) in [4.78, 5) is 14.5. The summed E-state index contributed by atoms with van der Waals surface area (Å²) in [6.45, 7) is 5.50. The lowest BCUT2D eigenvalue weighted by Gasteiger charge is -2.24. The van der Waals surface area contributed by atoms with Crippen molar-refractivity contribution in [3.8, 4) is 5.75 Å². The highest BCUT2D eigenvalue weighted by molar-refractivity contribution is 5.85. The zero-order valence-electron chi connectivity index (χ0n) is 12.1. The molecule has 112 valence electrons. The number of carbonyl (C=O) groups is 1. The van der Waals surface area contributed by atoms with Gasteiger partial charge in [0.1, 0.15) is 5.75 Å². The van der Waals surface area contributed by atoms with Crippen LogP contribution in [0.4, 0.5) is 0 Å². The number of hydrogen-bond acceptors (Lipinski definition) is 3. The molecule has 1 unspecified atom stereocenters. The van der Waals surface area contributed by atoms with E-state index < -0.39 is 0 Å². The predicted octanol–water partition coefficient (Wildman–Crippen LogP) is 2.04. The number of halogens is 1. The summed E-state index contributed by atoms with van der Waals surface area (Å²) in [6, 6.07) is 7.76. The fraction of sp³-hybridized carbons (Fsp3) is 0.533. The third kappa shape index (κ3) is 4.12. The molecule has 1 saturated heterocycles. The summed E-state index contributed by atoms with van der Waals surface area (Å²) < 4.78 is 5.22. The molecule has 0 spiro atoms. The number of amides is 1. The average molecular weight is 299 g/mol. The van der Waals surface area contributed by atoms with Crippen molar-refractivity contribution in [3.05, 3.63) is 29.8 Å². The van der Waals surface area contributed by atoms with Crippen LogP contribution in [0.1, 0.15) is 24.8 Å². The number of rotatable bonds is 3. The van der Waals surface area contributed by atoms with Crippen molar-refractivity contribution >= 4 is 18.3 Å². The highest BCUT2D eigenvalue weighted by Gasteiger charge is 2.22. The Morgan fingerprint density at radius 2 is 2.15 bits per heavy atom. The van der Waals surface area contributed by atoms with Crippen molar-refractivity contribution in [3.63, 3.8) is 0 Å². The van der Waals surface area contributed by atoms with Gasteiger partial charge in [-0.15, -0.1) is 12.4 Å². The molecule has 1 atom stereocenters. The first-order chi connectivity index (χ1) is 9.22. The molecule has 0 aliphatic carbocycles. The van der Waals surface area contributed by atoms with Crippen molar-refractivity contribution < 1.29 is 9.53 Å². The molecule has 0 aromatic heterocycles. The fourth-order valence-corrected chi connectivity index (χ4v) is 2.39. The molecule has 1 aliphatic heterocycles. The van der Waals surface area contributed by atoms with E-state index in [0.717, 1.165) is 43.9 Å². The van der Waals surface area contributed by atoms with Gasteiger partial charge in [-0.05, 0) is 37.6 Å². The topological polar surface area (TPSA) is 41.6 Å². The SMILES string of the molecule is COc1cccc(C(C)C(=O)N2CCCNCC2)c1.Cl. The van der Waals surface area contributed by atoms with E-state index in [1.165, 1.54) is 0 Å². The van der Waals surface area contributed by atoms with E-state index in [-0.39, 0.29) is 24.2 Å². The van der Waals surface area contributed by atoms with Gasteiger partial charge in [-0.25, -0.2) is 0 Å². The molecule has 1 heterocycles.